The molecule has 0 aliphatic carbocycles. The Kier molecular flexibility index (Phi) is 9.78. The summed E-state index contributed by atoms with van der Waals surface area (Å²) in [6.07, 6.45) is 0.873. The Balaban J connectivity index is 1.47. The van der Waals surface area contributed by atoms with Crippen LogP contribution < -0.4 is 5.32 Å². The first-order valence-electron chi connectivity index (χ1n) is 13.0. The van der Waals surface area contributed by atoms with Crippen molar-refractivity contribution in [3.63, 3.8) is 0 Å². The maximum Gasteiger partial charge on any atom is 0.243 e. The van der Waals surface area contributed by atoms with Crippen molar-refractivity contribution in [1.29, 1.82) is 0 Å². The molecule has 4 rings (SSSR count). The number of ether oxygens (including phenoxy) is 1. The van der Waals surface area contributed by atoms with Gasteiger partial charge in [-0.05, 0) is 57.3 Å². The van der Waals surface area contributed by atoms with Crippen molar-refractivity contribution in [1.82, 2.24) is 24.0 Å². The van der Waals surface area contributed by atoms with Crippen LogP contribution in [-0.2, 0) is 26.1 Å². The van der Waals surface area contributed by atoms with E-state index in [0.29, 0.717) is 43.7 Å². The van der Waals surface area contributed by atoms with E-state index >= 15 is 0 Å². The lowest BCUT2D eigenvalue weighted by molar-refractivity contribution is -0.115. The lowest BCUT2D eigenvalue weighted by Gasteiger charge is -2.26. The molecule has 39 heavy (non-hydrogen) atoms. The van der Waals surface area contributed by atoms with Gasteiger partial charge >= 0.3 is 0 Å². The van der Waals surface area contributed by atoms with Gasteiger partial charge in [-0.2, -0.15) is 4.31 Å². The van der Waals surface area contributed by atoms with Crippen LogP contribution in [-0.4, -0.2) is 83.9 Å². The third-order valence-corrected chi connectivity index (χ3v) is 9.61. The summed E-state index contributed by atoms with van der Waals surface area (Å²) in [6, 6.07) is 16.5. The zero-order chi connectivity index (χ0) is 28.0. The molecule has 1 aromatic heterocycles. The third kappa shape index (κ3) is 7.06. The molecule has 10 nitrogen and oxygen atoms in total. The molecule has 1 N–H and O–H groups in total. The number of nitrogens with one attached hydrogen (secondary N) is 1. The quantitative estimate of drug-likeness (QED) is 0.348. The molecule has 1 amide bonds. The minimum Gasteiger partial charge on any atom is -0.379 e. The van der Waals surface area contributed by atoms with Crippen LogP contribution in [0.25, 0.3) is 0 Å². The second-order valence-corrected chi connectivity index (χ2v) is 12.8. The number of benzene rings is 2. The van der Waals surface area contributed by atoms with Crippen molar-refractivity contribution in [3.05, 3.63) is 66.0 Å². The molecule has 2 heterocycles. The molecular weight excluding hydrogens is 536 g/mol. The Bertz CT molecular complexity index is 1340. The van der Waals surface area contributed by atoms with E-state index in [-0.39, 0.29) is 16.8 Å². The third-order valence-electron chi connectivity index (χ3n) is 6.62. The van der Waals surface area contributed by atoms with Crippen molar-refractivity contribution in [3.8, 4) is 0 Å². The van der Waals surface area contributed by atoms with Gasteiger partial charge in [0.2, 0.25) is 15.9 Å². The zero-order valence-electron chi connectivity index (χ0n) is 22.8. The topological polar surface area (TPSA) is 110 Å². The van der Waals surface area contributed by atoms with Gasteiger partial charge in [-0.3, -0.25) is 9.69 Å². The number of aromatic nitrogens is 3. The average molecular weight is 573 g/mol. The standard InChI is InChI=1S/C27H36N6O4S2/c1-5-24(31(3)4)25-29-30-27(33(25)19-21-9-7-6-8-10-21)38-20(2)26(34)28-22-11-13-23(14-12-22)39(35,36)32-15-17-37-18-16-32/h6-14,20,24H,5,15-19H2,1-4H3,(H,28,34)/t20-,24-/m0/s1. The Labute approximate surface area is 234 Å². The number of morpholine rings is 1. The Morgan fingerprint density at radius 1 is 1.08 bits per heavy atom. The smallest absolute Gasteiger partial charge is 0.243 e. The molecule has 2 aromatic carbocycles. The maximum atomic E-state index is 13.1. The number of anilines is 1. The summed E-state index contributed by atoms with van der Waals surface area (Å²) in [7, 11) is 0.455. The fraction of sp³-hybridized carbons (Fsp3) is 0.444. The summed E-state index contributed by atoms with van der Waals surface area (Å²) in [4.78, 5) is 15.4. The summed E-state index contributed by atoms with van der Waals surface area (Å²) >= 11 is 1.35. The molecule has 2 atom stereocenters. The average Bonchev–Trinajstić information content (AvgIpc) is 3.31. The molecule has 0 bridgehead atoms. The zero-order valence-corrected chi connectivity index (χ0v) is 24.4. The van der Waals surface area contributed by atoms with Crippen LogP contribution in [0.15, 0.2) is 64.6 Å². The first kappa shape index (κ1) is 29.2. The van der Waals surface area contributed by atoms with E-state index in [1.807, 2.05) is 39.2 Å². The second-order valence-electron chi connectivity index (χ2n) is 9.59. The summed E-state index contributed by atoms with van der Waals surface area (Å²) in [5.74, 6) is 0.651. The molecule has 210 valence electrons. The monoisotopic (exact) mass is 572 g/mol. The largest absolute Gasteiger partial charge is 0.379 e. The Morgan fingerprint density at radius 2 is 1.74 bits per heavy atom. The van der Waals surface area contributed by atoms with E-state index in [1.54, 1.807) is 12.1 Å². The van der Waals surface area contributed by atoms with Crippen LogP contribution in [0.3, 0.4) is 0 Å². The summed E-state index contributed by atoms with van der Waals surface area (Å²) < 4.78 is 34.5. The predicted octanol–water partition coefficient (Wildman–Crippen LogP) is 3.48. The molecule has 0 unspecified atom stereocenters. The van der Waals surface area contributed by atoms with Gasteiger partial charge < -0.3 is 14.6 Å². The van der Waals surface area contributed by atoms with Crippen LogP contribution in [0.1, 0.15) is 37.7 Å². The molecule has 1 fully saturated rings. The number of hydrogen-bond acceptors (Lipinski definition) is 8. The number of rotatable bonds is 11. The van der Waals surface area contributed by atoms with Crippen LogP contribution in [0, 0.1) is 0 Å². The minimum absolute atomic E-state index is 0.0898. The summed E-state index contributed by atoms with van der Waals surface area (Å²) in [5, 5.41) is 12.1. The predicted molar refractivity (Wildman–Crippen MR) is 152 cm³/mol. The molecule has 1 aliphatic rings. The highest BCUT2D eigenvalue weighted by Crippen LogP contribution is 2.29. The molecule has 1 aliphatic heterocycles. The maximum absolute atomic E-state index is 13.1. The van der Waals surface area contributed by atoms with E-state index in [2.05, 4.69) is 44.0 Å². The highest BCUT2D eigenvalue weighted by Gasteiger charge is 2.27. The van der Waals surface area contributed by atoms with Gasteiger partial charge in [0.05, 0.1) is 35.9 Å². The van der Waals surface area contributed by atoms with Gasteiger partial charge in [-0.15, -0.1) is 10.2 Å². The minimum atomic E-state index is -3.59. The van der Waals surface area contributed by atoms with Gasteiger partial charge in [0.1, 0.15) is 0 Å². The number of hydrogen-bond donors (Lipinski definition) is 1. The number of thioether (sulfide) groups is 1. The molecule has 3 aromatic rings. The van der Waals surface area contributed by atoms with E-state index in [9.17, 15) is 13.2 Å². The first-order chi connectivity index (χ1) is 18.7. The molecule has 12 heteroatoms. The van der Waals surface area contributed by atoms with Crippen molar-refractivity contribution in [2.45, 2.75) is 48.2 Å². The van der Waals surface area contributed by atoms with Gasteiger partial charge in [0.25, 0.3) is 0 Å². The fourth-order valence-electron chi connectivity index (χ4n) is 4.43. The number of carbonyl (C=O) groups is 1. The Morgan fingerprint density at radius 3 is 2.36 bits per heavy atom. The van der Waals surface area contributed by atoms with Gasteiger partial charge in [0, 0.05) is 18.8 Å². The van der Waals surface area contributed by atoms with Crippen LogP contribution in [0.2, 0.25) is 0 Å². The lowest BCUT2D eigenvalue weighted by Crippen LogP contribution is -2.40. The Hall–Kier alpha value is -2.77. The molecule has 0 saturated carbocycles. The van der Waals surface area contributed by atoms with Crippen molar-refractivity contribution in [2.75, 3.05) is 45.7 Å². The van der Waals surface area contributed by atoms with Gasteiger partial charge in [-0.1, -0.05) is 49.0 Å². The molecule has 0 spiro atoms. The van der Waals surface area contributed by atoms with E-state index in [1.165, 1.54) is 28.2 Å². The SMILES string of the molecule is CC[C@@H](c1nnc(S[C@@H](C)C(=O)Nc2ccc(S(=O)(=O)N3CCOCC3)cc2)n1Cc1ccccc1)N(C)C. The highest BCUT2D eigenvalue weighted by molar-refractivity contribution is 8.00. The fourth-order valence-corrected chi connectivity index (χ4v) is 6.69. The van der Waals surface area contributed by atoms with E-state index < -0.39 is 15.3 Å². The second kappa shape index (κ2) is 13.1. The van der Waals surface area contributed by atoms with Gasteiger partial charge in [-0.25, -0.2) is 8.42 Å². The molecule has 1 saturated heterocycles. The molecule has 0 radical (unpaired) electrons. The number of amides is 1. The van der Waals surface area contributed by atoms with Crippen molar-refractivity contribution in [2.24, 2.45) is 0 Å². The number of nitrogens with zero attached hydrogens (tertiary/aromatic N) is 5. The number of carbonyl (C=O) groups excluding carboxylic acids is 1. The van der Waals surface area contributed by atoms with E-state index in [4.69, 9.17) is 4.74 Å². The number of sulfonamides is 1. The highest BCUT2D eigenvalue weighted by atomic mass is 32.2. The molecular formula is C27H36N6O4S2. The van der Waals surface area contributed by atoms with Crippen LogP contribution in [0.5, 0.6) is 0 Å². The lowest BCUT2D eigenvalue weighted by atomic mass is 10.2. The summed E-state index contributed by atoms with van der Waals surface area (Å²) in [5.41, 5.74) is 1.65. The normalized spacial score (nSPS) is 16.2. The van der Waals surface area contributed by atoms with Crippen LogP contribution >= 0.6 is 11.8 Å². The first-order valence-corrected chi connectivity index (χ1v) is 15.3. The summed E-state index contributed by atoms with van der Waals surface area (Å²) in [6.45, 7) is 5.98. The van der Waals surface area contributed by atoms with Crippen molar-refractivity contribution >= 4 is 33.4 Å². The van der Waals surface area contributed by atoms with Gasteiger partial charge in [0.15, 0.2) is 11.0 Å². The van der Waals surface area contributed by atoms with Crippen molar-refractivity contribution < 1.29 is 17.9 Å². The van der Waals surface area contributed by atoms with Crippen LogP contribution in [0.4, 0.5) is 5.69 Å². The van der Waals surface area contributed by atoms with E-state index in [0.717, 1.165) is 17.8 Å².